The average molecular weight is 506 g/mol. The minimum Gasteiger partial charge on any atom is -0.493 e. The summed E-state index contributed by atoms with van der Waals surface area (Å²) in [6.07, 6.45) is -1.56. The van der Waals surface area contributed by atoms with Gasteiger partial charge in [-0.05, 0) is 76.0 Å². The molecule has 11 heteroatoms. The number of carbonyl (C=O) groups excluding carboxylic acids is 1. The van der Waals surface area contributed by atoms with Crippen LogP contribution in [0.3, 0.4) is 0 Å². The van der Waals surface area contributed by atoms with Gasteiger partial charge >= 0.3 is 6.18 Å². The van der Waals surface area contributed by atoms with Crippen molar-refractivity contribution < 1.29 is 22.7 Å². The second-order valence-electron chi connectivity index (χ2n) is 9.15. The van der Waals surface area contributed by atoms with Crippen molar-refractivity contribution in [2.45, 2.75) is 43.9 Å². The number of piperidine rings is 1. The number of nitriles is 1. The number of nitrogens with one attached hydrogen (secondary N) is 1. The summed E-state index contributed by atoms with van der Waals surface area (Å²) in [7, 11) is 0. The standard InChI is InChI=1S/C24H26F3N5O2S/c1-23(2)21(33)31(17-11-19(24(25,26)27)20(12-28)30-13-17)22(35)32(23)16-3-5-18(6-4-16)34-14-15-7-9-29-10-8-15/h3-6,11,13,15,22,29,35H,7-10,14H2,1-2H3. The summed E-state index contributed by atoms with van der Waals surface area (Å²) in [5, 5.41) is 12.3. The zero-order valence-electron chi connectivity index (χ0n) is 19.3. The Morgan fingerprint density at radius 3 is 2.49 bits per heavy atom. The summed E-state index contributed by atoms with van der Waals surface area (Å²) >= 11 is 4.59. The van der Waals surface area contributed by atoms with Gasteiger partial charge in [-0.2, -0.15) is 18.4 Å². The van der Waals surface area contributed by atoms with Crippen LogP contribution in [0.1, 0.15) is 37.9 Å². The van der Waals surface area contributed by atoms with Gasteiger partial charge in [-0.15, -0.1) is 12.6 Å². The highest BCUT2D eigenvalue weighted by Gasteiger charge is 2.51. The van der Waals surface area contributed by atoms with Crippen LogP contribution in [-0.4, -0.2) is 41.6 Å². The third kappa shape index (κ3) is 4.90. The Morgan fingerprint density at radius 2 is 1.89 bits per heavy atom. The molecule has 0 bridgehead atoms. The Labute approximate surface area is 207 Å². The molecule has 186 valence electrons. The van der Waals surface area contributed by atoms with E-state index in [1.54, 1.807) is 30.9 Å². The molecule has 1 aromatic heterocycles. The average Bonchev–Trinajstić information content (AvgIpc) is 3.01. The molecular weight excluding hydrogens is 479 g/mol. The first-order valence-corrected chi connectivity index (χ1v) is 11.8. The first kappa shape index (κ1) is 25.1. The van der Waals surface area contributed by atoms with Crippen LogP contribution >= 0.6 is 12.6 Å². The molecule has 0 saturated carbocycles. The van der Waals surface area contributed by atoms with Crippen LogP contribution in [-0.2, 0) is 11.0 Å². The molecule has 2 fully saturated rings. The number of amides is 1. The molecule has 1 unspecified atom stereocenters. The minimum atomic E-state index is -4.79. The molecule has 3 heterocycles. The Morgan fingerprint density at radius 1 is 1.23 bits per heavy atom. The molecule has 1 N–H and O–H groups in total. The number of hydrogen-bond acceptors (Lipinski definition) is 7. The van der Waals surface area contributed by atoms with E-state index < -0.39 is 34.4 Å². The Kier molecular flexibility index (Phi) is 6.88. The largest absolute Gasteiger partial charge is 0.493 e. The summed E-state index contributed by atoms with van der Waals surface area (Å²) < 4.78 is 46.3. The van der Waals surface area contributed by atoms with Crippen molar-refractivity contribution >= 4 is 29.9 Å². The zero-order valence-corrected chi connectivity index (χ0v) is 20.2. The maximum absolute atomic E-state index is 13.5. The molecule has 7 nitrogen and oxygen atoms in total. The fourth-order valence-electron chi connectivity index (χ4n) is 4.47. The molecule has 0 radical (unpaired) electrons. The topological polar surface area (TPSA) is 81.5 Å². The van der Waals surface area contributed by atoms with Crippen LogP contribution in [0.2, 0.25) is 0 Å². The number of anilines is 2. The van der Waals surface area contributed by atoms with Crippen LogP contribution < -0.4 is 19.9 Å². The van der Waals surface area contributed by atoms with Gasteiger partial charge in [-0.25, -0.2) is 4.98 Å². The summed E-state index contributed by atoms with van der Waals surface area (Å²) in [6, 6.07) is 9.45. The highest BCUT2D eigenvalue weighted by Crippen LogP contribution is 2.42. The van der Waals surface area contributed by atoms with Gasteiger partial charge in [0.25, 0.3) is 5.91 Å². The summed E-state index contributed by atoms with van der Waals surface area (Å²) in [6.45, 7) is 5.97. The Hall–Kier alpha value is -2.97. The number of pyridine rings is 1. The van der Waals surface area contributed by atoms with Crippen LogP contribution in [0.15, 0.2) is 36.5 Å². The van der Waals surface area contributed by atoms with Crippen molar-refractivity contribution in [1.29, 1.82) is 5.26 Å². The number of thiol groups is 1. The summed E-state index contributed by atoms with van der Waals surface area (Å²) in [5.41, 5.74) is -3.36. The lowest BCUT2D eigenvalue weighted by molar-refractivity contribution is -0.138. The molecule has 0 aliphatic carbocycles. The third-order valence-electron chi connectivity index (χ3n) is 6.43. The molecule has 2 aromatic rings. The number of nitrogens with zero attached hydrogens (tertiary/aromatic N) is 4. The number of aromatic nitrogens is 1. The van der Waals surface area contributed by atoms with E-state index in [1.807, 2.05) is 12.1 Å². The number of alkyl halides is 3. The molecule has 2 aliphatic heterocycles. The normalized spacial score (nSPS) is 20.7. The minimum absolute atomic E-state index is 0.0844. The number of benzene rings is 1. The quantitative estimate of drug-likeness (QED) is 0.593. The third-order valence-corrected chi connectivity index (χ3v) is 6.89. The summed E-state index contributed by atoms with van der Waals surface area (Å²) in [4.78, 5) is 19.8. The molecule has 0 spiro atoms. The maximum Gasteiger partial charge on any atom is 0.419 e. The van der Waals surface area contributed by atoms with E-state index >= 15 is 0 Å². The first-order chi connectivity index (χ1) is 16.5. The molecule has 4 rings (SSSR count). The predicted molar refractivity (Wildman–Crippen MR) is 128 cm³/mol. The summed E-state index contributed by atoms with van der Waals surface area (Å²) in [5.74, 6) is 0.765. The van der Waals surface area contributed by atoms with E-state index in [2.05, 4.69) is 22.9 Å². The number of hydrogen-bond donors (Lipinski definition) is 2. The van der Waals surface area contributed by atoms with Crippen molar-refractivity contribution in [3.63, 3.8) is 0 Å². The zero-order chi connectivity index (χ0) is 25.4. The smallest absolute Gasteiger partial charge is 0.419 e. The van der Waals surface area contributed by atoms with Crippen LogP contribution in [0.4, 0.5) is 24.5 Å². The van der Waals surface area contributed by atoms with Crippen LogP contribution in [0.25, 0.3) is 0 Å². The second-order valence-corrected chi connectivity index (χ2v) is 9.61. The van der Waals surface area contributed by atoms with Gasteiger partial charge in [-0.3, -0.25) is 9.69 Å². The highest BCUT2D eigenvalue weighted by molar-refractivity contribution is 7.81. The van der Waals surface area contributed by atoms with Gasteiger partial charge in [0.15, 0.2) is 11.2 Å². The maximum atomic E-state index is 13.5. The van der Waals surface area contributed by atoms with E-state index in [9.17, 15) is 18.0 Å². The van der Waals surface area contributed by atoms with E-state index in [-0.39, 0.29) is 5.69 Å². The number of rotatable bonds is 5. The van der Waals surface area contributed by atoms with E-state index in [0.717, 1.165) is 43.1 Å². The molecule has 2 saturated heterocycles. The van der Waals surface area contributed by atoms with Gasteiger partial charge in [-0.1, -0.05) is 0 Å². The first-order valence-electron chi connectivity index (χ1n) is 11.3. The fraction of sp³-hybridized carbons (Fsp3) is 0.458. The van der Waals surface area contributed by atoms with Crippen molar-refractivity contribution in [3.8, 4) is 11.8 Å². The molecular formula is C24H26F3N5O2S. The number of ether oxygens (including phenoxy) is 1. The van der Waals surface area contributed by atoms with Crippen molar-refractivity contribution in [2.75, 3.05) is 29.5 Å². The highest BCUT2D eigenvalue weighted by atomic mass is 32.1. The molecule has 35 heavy (non-hydrogen) atoms. The van der Waals surface area contributed by atoms with Crippen LogP contribution in [0, 0.1) is 17.2 Å². The van der Waals surface area contributed by atoms with Crippen molar-refractivity contribution in [1.82, 2.24) is 10.3 Å². The van der Waals surface area contributed by atoms with Crippen molar-refractivity contribution in [2.24, 2.45) is 5.92 Å². The van der Waals surface area contributed by atoms with E-state index in [0.29, 0.717) is 24.0 Å². The van der Waals surface area contributed by atoms with E-state index in [4.69, 9.17) is 10.00 Å². The van der Waals surface area contributed by atoms with Gasteiger partial charge in [0.1, 0.15) is 17.4 Å². The van der Waals surface area contributed by atoms with Gasteiger partial charge in [0.2, 0.25) is 0 Å². The molecule has 1 amide bonds. The second kappa shape index (κ2) is 9.59. The Balaban J connectivity index is 1.57. The number of carbonyl (C=O) groups is 1. The lowest BCUT2D eigenvalue weighted by atomic mass is 9.99. The van der Waals surface area contributed by atoms with E-state index in [1.165, 1.54) is 6.07 Å². The fourth-order valence-corrected chi connectivity index (χ4v) is 5.13. The molecule has 2 aliphatic rings. The van der Waals surface area contributed by atoms with Crippen molar-refractivity contribution in [3.05, 3.63) is 47.8 Å². The Bertz CT molecular complexity index is 1130. The lowest BCUT2D eigenvalue weighted by Gasteiger charge is -2.33. The number of halogens is 3. The molecule has 1 aromatic carbocycles. The van der Waals surface area contributed by atoms with Gasteiger partial charge in [0.05, 0.1) is 24.1 Å². The van der Waals surface area contributed by atoms with Gasteiger partial charge in [0, 0.05) is 5.69 Å². The monoisotopic (exact) mass is 505 g/mol. The van der Waals surface area contributed by atoms with Gasteiger partial charge < -0.3 is 15.0 Å². The lowest BCUT2D eigenvalue weighted by Crippen LogP contribution is -2.44. The molecule has 1 atom stereocenters. The van der Waals surface area contributed by atoms with Crippen LogP contribution in [0.5, 0.6) is 5.75 Å². The predicted octanol–water partition coefficient (Wildman–Crippen LogP) is 4.20. The SMILES string of the molecule is CC1(C)C(=O)N(c2cnc(C#N)c(C(F)(F)F)c2)C(S)N1c1ccc(OCC2CCNCC2)cc1.